The SMILES string of the molecule is CCCCCCCCCCCCCCCCC(COP(=O)(O)OCCCN1CCCC1)CC(=O)CCC. The minimum atomic E-state index is -4.07. The van der Waals surface area contributed by atoms with Crippen LogP contribution in [0.1, 0.15) is 149 Å². The molecule has 6 nitrogen and oxygen atoms in total. The number of hydrogen-bond acceptors (Lipinski definition) is 5. The molecule has 1 fully saturated rings. The Morgan fingerprint density at radius 1 is 0.784 bits per heavy atom. The van der Waals surface area contributed by atoms with Gasteiger partial charge in [-0.1, -0.05) is 104 Å². The zero-order valence-corrected chi connectivity index (χ0v) is 25.3. The van der Waals surface area contributed by atoms with Crippen LogP contribution in [0.25, 0.3) is 0 Å². The van der Waals surface area contributed by atoms with Crippen LogP contribution in [0.15, 0.2) is 0 Å². The Labute approximate surface area is 229 Å². The first-order chi connectivity index (χ1) is 18.0. The minimum absolute atomic E-state index is 0.00921. The van der Waals surface area contributed by atoms with E-state index in [1.807, 2.05) is 6.92 Å². The highest BCUT2D eigenvalue weighted by Crippen LogP contribution is 2.44. The first-order valence-corrected chi connectivity index (χ1v) is 17.3. The van der Waals surface area contributed by atoms with Crippen molar-refractivity contribution >= 4 is 13.6 Å². The summed E-state index contributed by atoms with van der Waals surface area (Å²) in [4.78, 5) is 24.7. The lowest BCUT2D eigenvalue weighted by atomic mass is 9.94. The monoisotopic (exact) mass is 545 g/mol. The molecule has 0 aliphatic carbocycles. The Balaban J connectivity index is 2.14. The summed E-state index contributed by atoms with van der Waals surface area (Å²) in [6.45, 7) is 7.74. The average molecular weight is 546 g/mol. The number of rotatable bonds is 27. The molecule has 0 spiro atoms. The molecule has 2 unspecified atom stereocenters. The van der Waals surface area contributed by atoms with Crippen LogP contribution < -0.4 is 0 Å². The molecule has 0 aromatic heterocycles. The van der Waals surface area contributed by atoms with E-state index < -0.39 is 7.82 Å². The minimum Gasteiger partial charge on any atom is -0.303 e. The van der Waals surface area contributed by atoms with Gasteiger partial charge in [-0.15, -0.1) is 0 Å². The molecule has 0 radical (unpaired) electrons. The molecule has 1 N–H and O–H groups in total. The Bertz CT molecular complexity index is 582. The predicted molar refractivity (Wildman–Crippen MR) is 155 cm³/mol. The van der Waals surface area contributed by atoms with E-state index in [2.05, 4.69) is 11.8 Å². The molecule has 0 aromatic carbocycles. The van der Waals surface area contributed by atoms with Crippen LogP contribution in [0.2, 0.25) is 0 Å². The van der Waals surface area contributed by atoms with E-state index >= 15 is 0 Å². The normalized spacial score (nSPS) is 16.7. The molecule has 37 heavy (non-hydrogen) atoms. The van der Waals surface area contributed by atoms with Gasteiger partial charge in [-0.2, -0.15) is 0 Å². The molecule has 2 atom stereocenters. The molecule has 1 saturated heterocycles. The number of Topliss-reactive ketones (excluding diaryl/α,β-unsaturated/α-hetero) is 1. The van der Waals surface area contributed by atoms with Crippen molar-refractivity contribution in [2.24, 2.45) is 5.92 Å². The summed E-state index contributed by atoms with van der Waals surface area (Å²) in [6.07, 6.45) is 24.4. The second kappa shape index (κ2) is 23.6. The number of likely N-dealkylation sites (tertiary alicyclic amines) is 1. The quantitative estimate of drug-likeness (QED) is 0.0820. The molecule has 0 amide bonds. The third-order valence-electron chi connectivity index (χ3n) is 7.56. The third kappa shape index (κ3) is 21.3. The second-order valence-electron chi connectivity index (χ2n) is 11.2. The number of phosphoric ester groups is 1. The largest absolute Gasteiger partial charge is 0.472 e. The highest BCUT2D eigenvalue weighted by molar-refractivity contribution is 7.47. The molecule has 1 aliphatic heterocycles. The van der Waals surface area contributed by atoms with Gasteiger partial charge in [0.2, 0.25) is 0 Å². The molecular formula is C30H60NO5P. The molecule has 220 valence electrons. The zero-order chi connectivity index (χ0) is 27.0. The van der Waals surface area contributed by atoms with Gasteiger partial charge < -0.3 is 9.79 Å². The molecule has 0 saturated carbocycles. The van der Waals surface area contributed by atoms with Crippen LogP contribution in [0.4, 0.5) is 0 Å². The van der Waals surface area contributed by atoms with Crippen LogP contribution >= 0.6 is 7.82 Å². The maximum absolute atomic E-state index is 12.3. The molecule has 0 bridgehead atoms. The number of phosphoric acid groups is 1. The van der Waals surface area contributed by atoms with E-state index in [1.165, 1.54) is 89.9 Å². The lowest BCUT2D eigenvalue weighted by Gasteiger charge is -2.19. The number of carbonyl (C=O) groups is 1. The third-order valence-corrected chi connectivity index (χ3v) is 8.54. The van der Waals surface area contributed by atoms with Gasteiger partial charge in [-0.05, 0) is 51.1 Å². The maximum atomic E-state index is 12.3. The Morgan fingerprint density at radius 2 is 1.32 bits per heavy atom. The van der Waals surface area contributed by atoms with Crippen molar-refractivity contribution < 1.29 is 23.3 Å². The lowest BCUT2D eigenvalue weighted by Crippen LogP contribution is -2.21. The van der Waals surface area contributed by atoms with Crippen molar-refractivity contribution in [3.63, 3.8) is 0 Å². The van der Waals surface area contributed by atoms with Crippen molar-refractivity contribution in [3.8, 4) is 0 Å². The van der Waals surface area contributed by atoms with Crippen LogP contribution in [0.3, 0.4) is 0 Å². The average Bonchev–Trinajstić information content (AvgIpc) is 3.39. The van der Waals surface area contributed by atoms with Crippen LogP contribution in [0, 0.1) is 5.92 Å². The first kappa shape index (κ1) is 34.8. The van der Waals surface area contributed by atoms with Gasteiger partial charge in [0, 0.05) is 19.4 Å². The molecule has 1 rings (SSSR count). The van der Waals surface area contributed by atoms with Crippen LogP contribution in [-0.2, 0) is 18.4 Å². The number of nitrogens with zero attached hydrogens (tertiary/aromatic N) is 1. The highest BCUT2D eigenvalue weighted by Gasteiger charge is 2.24. The topological polar surface area (TPSA) is 76.1 Å². The van der Waals surface area contributed by atoms with Crippen LogP contribution in [0.5, 0.6) is 0 Å². The van der Waals surface area contributed by atoms with Gasteiger partial charge in [0.25, 0.3) is 0 Å². The first-order valence-electron chi connectivity index (χ1n) is 15.8. The van der Waals surface area contributed by atoms with Crippen molar-refractivity contribution in [2.45, 2.75) is 149 Å². The van der Waals surface area contributed by atoms with E-state index in [9.17, 15) is 14.3 Å². The van der Waals surface area contributed by atoms with Crippen molar-refractivity contribution in [1.82, 2.24) is 4.90 Å². The number of carbonyl (C=O) groups excluding carboxylic acids is 1. The van der Waals surface area contributed by atoms with Crippen molar-refractivity contribution in [1.29, 1.82) is 0 Å². The predicted octanol–water partition coefficient (Wildman–Crippen LogP) is 8.85. The second-order valence-corrected chi connectivity index (χ2v) is 12.7. The lowest BCUT2D eigenvalue weighted by molar-refractivity contribution is -0.120. The van der Waals surface area contributed by atoms with E-state index in [-0.39, 0.29) is 24.9 Å². The zero-order valence-electron chi connectivity index (χ0n) is 24.4. The summed E-state index contributed by atoms with van der Waals surface area (Å²) in [6, 6.07) is 0. The van der Waals surface area contributed by atoms with Gasteiger partial charge in [0.15, 0.2) is 0 Å². The number of ketones is 1. The van der Waals surface area contributed by atoms with Crippen molar-refractivity contribution in [2.75, 3.05) is 32.8 Å². The van der Waals surface area contributed by atoms with Crippen molar-refractivity contribution in [3.05, 3.63) is 0 Å². The van der Waals surface area contributed by atoms with E-state index in [4.69, 9.17) is 9.05 Å². The molecule has 1 aliphatic rings. The number of hydrogen-bond donors (Lipinski definition) is 1. The van der Waals surface area contributed by atoms with Gasteiger partial charge in [0.1, 0.15) is 5.78 Å². The smallest absolute Gasteiger partial charge is 0.303 e. The summed E-state index contributed by atoms with van der Waals surface area (Å²) in [7, 11) is -4.07. The standard InChI is InChI=1S/C30H60NO5P/c1-3-5-6-7-8-9-10-11-12-13-14-15-16-17-22-29(27-30(32)21-4-2)28-36-37(33,34)35-26-20-25-31-23-18-19-24-31/h29H,3-28H2,1-2H3,(H,33,34). The summed E-state index contributed by atoms with van der Waals surface area (Å²) in [5.41, 5.74) is 0. The fraction of sp³-hybridized carbons (Fsp3) is 0.967. The molecule has 0 aromatic rings. The highest BCUT2D eigenvalue weighted by atomic mass is 31.2. The maximum Gasteiger partial charge on any atom is 0.472 e. The summed E-state index contributed by atoms with van der Waals surface area (Å²) in [5.74, 6) is 0.214. The summed E-state index contributed by atoms with van der Waals surface area (Å²) in [5, 5.41) is 0. The van der Waals surface area contributed by atoms with Gasteiger partial charge in [0.05, 0.1) is 13.2 Å². The molecule has 7 heteroatoms. The molecular weight excluding hydrogens is 485 g/mol. The number of unbranched alkanes of at least 4 members (excludes halogenated alkanes) is 13. The fourth-order valence-corrected chi connectivity index (χ4v) is 6.12. The Kier molecular flexibility index (Phi) is 22.2. The Morgan fingerprint density at radius 3 is 1.86 bits per heavy atom. The fourth-order valence-electron chi connectivity index (χ4n) is 5.29. The van der Waals surface area contributed by atoms with Gasteiger partial charge >= 0.3 is 7.82 Å². The van der Waals surface area contributed by atoms with Gasteiger partial charge in [-0.3, -0.25) is 13.8 Å². The summed E-state index contributed by atoms with van der Waals surface area (Å²) >= 11 is 0. The van der Waals surface area contributed by atoms with Gasteiger partial charge in [-0.25, -0.2) is 4.57 Å². The Hall–Kier alpha value is -0.260. The van der Waals surface area contributed by atoms with E-state index in [0.29, 0.717) is 12.8 Å². The molecule has 1 heterocycles. The van der Waals surface area contributed by atoms with Crippen LogP contribution in [-0.4, -0.2) is 48.4 Å². The summed E-state index contributed by atoms with van der Waals surface area (Å²) < 4.78 is 22.9. The van der Waals surface area contributed by atoms with E-state index in [0.717, 1.165) is 51.7 Å². The van der Waals surface area contributed by atoms with E-state index in [1.54, 1.807) is 0 Å².